The van der Waals surface area contributed by atoms with Crippen molar-refractivity contribution < 1.29 is 209 Å². The van der Waals surface area contributed by atoms with Crippen molar-refractivity contribution >= 4 is 0 Å². The second-order valence-corrected chi connectivity index (χ2v) is 22.3. The van der Waals surface area contributed by atoms with E-state index in [4.69, 9.17) is 66.3 Å². The van der Waals surface area contributed by atoms with Gasteiger partial charge in [0.05, 0.1) is 52.9 Å². The molecule has 90 heavy (non-hydrogen) atoms. The molecular weight excluding hydrogens is 1250 g/mol. The lowest BCUT2D eigenvalue weighted by atomic mass is 9.95. The van der Waals surface area contributed by atoms with Crippen LogP contribution in [0.4, 0.5) is 0 Å². The number of hydrogen-bond donors (Lipinski definition) is 28. The minimum Gasteiger partial charge on any atom is -0.394 e. The van der Waals surface area contributed by atoms with Gasteiger partial charge in [-0.1, -0.05) is 0 Å². The normalized spacial score (nSPS) is 52.9. The molecule has 8 fully saturated rings. The average molecular weight is 1330 g/mol. The zero-order valence-corrected chi connectivity index (χ0v) is 47.0. The molecule has 0 aromatic rings. The second-order valence-electron chi connectivity index (χ2n) is 22.3. The van der Waals surface area contributed by atoms with Crippen LogP contribution < -0.4 is 0 Å². The molecule has 0 aromatic heterocycles. The van der Waals surface area contributed by atoms with Crippen molar-refractivity contribution in [2.45, 2.75) is 246 Å². The van der Waals surface area contributed by atoms with Gasteiger partial charge in [0, 0.05) is 0 Å². The molecule has 8 heterocycles. The number of aliphatic hydroxyl groups excluding tert-OH is 28. The van der Waals surface area contributed by atoms with Gasteiger partial charge in [-0.3, -0.25) is 0 Å². The Balaban J connectivity index is 0.000000256. The third-order valence-corrected chi connectivity index (χ3v) is 16.4. The topological polar surface area (TPSA) is 696 Å². The van der Waals surface area contributed by atoms with Gasteiger partial charge in [0.25, 0.3) is 0 Å². The molecule has 0 saturated carbocycles. The third kappa shape index (κ3) is 16.0. The van der Waals surface area contributed by atoms with Gasteiger partial charge in [-0.2, -0.15) is 0 Å². The Bertz CT molecular complexity index is 1960. The van der Waals surface area contributed by atoms with Gasteiger partial charge in [-0.05, 0) is 0 Å². The van der Waals surface area contributed by atoms with Crippen LogP contribution >= 0.6 is 0 Å². The van der Waals surface area contributed by atoms with Crippen molar-refractivity contribution in [3.8, 4) is 0 Å². The maximum absolute atomic E-state index is 10.9. The molecule has 0 amide bonds. The lowest BCUT2D eigenvalue weighted by Crippen LogP contribution is -2.67. The van der Waals surface area contributed by atoms with Gasteiger partial charge in [0.1, 0.15) is 195 Å². The monoisotopic (exact) mass is 1330 g/mol. The Morgan fingerprint density at radius 3 is 0.511 bits per heavy atom. The number of ether oxygens (including phenoxy) is 14. The Kier molecular flexibility index (Phi) is 27.8. The van der Waals surface area contributed by atoms with Crippen LogP contribution in [0.15, 0.2) is 0 Å². The molecule has 8 rings (SSSR count). The molecule has 40 unspecified atom stereocenters. The van der Waals surface area contributed by atoms with Crippen molar-refractivity contribution in [2.75, 3.05) is 52.9 Å². The van der Waals surface area contributed by atoms with Crippen molar-refractivity contribution in [1.82, 2.24) is 0 Å². The highest BCUT2D eigenvalue weighted by Gasteiger charge is 2.58. The van der Waals surface area contributed by atoms with E-state index in [0.29, 0.717) is 0 Å². The molecule has 8 aliphatic rings. The van der Waals surface area contributed by atoms with E-state index in [1.165, 1.54) is 0 Å². The van der Waals surface area contributed by atoms with Crippen LogP contribution in [0.3, 0.4) is 0 Å². The van der Waals surface area contributed by atoms with Gasteiger partial charge >= 0.3 is 0 Å². The fourth-order valence-electron chi connectivity index (χ4n) is 11.1. The van der Waals surface area contributed by atoms with E-state index in [0.717, 1.165) is 0 Å². The molecule has 0 radical (unpaired) electrons. The molecule has 42 heteroatoms. The van der Waals surface area contributed by atoms with Crippen LogP contribution in [0, 0.1) is 0 Å². The van der Waals surface area contributed by atoms with Crippen LogP contribution in [0.25, 0.3) is 0 Å². The first kappa shape index (κ1) is 75.7. The highest BCUT2D eigenvalue weighted by molar-refractivity contribution is 5.01. The van der Waals surface area contributed by atoms with E-state index in [9.17, 15) is 143 Å². The van der Waals surface area contributed by atoms with Crippen LogP contribution in [-0.4, -0.2) is 441 Å². The molecule has 0 spiro atoms. The Morgan fingerprint density at radius 2 is 0.322 bits per heavy atom. The summed E-state index contributed by atoms with van der Waals surface area (Å²) in [6.45, 7) is -6.77. The maximum atomic E-state index is 10.9. The van der Waals surface area contributed by atoms with Gasteiger partial charge in [-0.25, -0.2) is 0 Å². The first-order valence-electron chi connectivity index (χ1n) is 28.2. The predicted molar refractivity (Wildman–Crippen MR) is 268 cm³/mol. The minimum atomic E-state index is -2.02. The van der Waals surface area contributed by atoms with Crippen LogP contribution in [0.2, 0.25) is 0 Å². The van der Waals surface area contributed by atoms with E-state index in [-0.39, 0.29) is 0 Å². The zero-order valence-electron chi connectivity index (χ0n) is 47.0. The summed E-state index contributed by atoms with van der Waals surface area (Å²) < 4.78 is 75.4. The Labute approximate surface area is 507 Å². The highest BCUT2D eigenvalue weighted by atomic mass is 16.8. The zero-order chi connectivity index (χ0) is 66.7. The molecule has 0 bridgehead atoms. The molecular formula is C48H84O42. The van der Waals surface area contributed by atoms with Crippen LogP contribution in [0.5, 0.6) is 0 Å². The fourth-order valence-corrected chi connectivity index (χ4v) is 11.1. The summed E-state index contributed by atoms with van der Waals surface area (Å²) in [5, 5.41) is 284. The summed E-state index contributed by atoms with van der Waals surface area (Å²) >= 11 is 0. The number of aliphatic hydroxyl groups is 28. The first-order chi connectivity index (χ1) is 42.6. The molecule has 42 nitrogen and oxygen atoms in total. The van der Waals surface area contributed by atoms with E-state index in [1.807, 2.05) is 0 Å². The summed E-state index contributed by atoms with van der Waals surface area (Å²) in [4.78, 5) is 0. The van der Waals surface area contributed by atoms with Crippen molar-refractivity contribution in [1.29, 1.82) is 0 Å². The predicted octanol–water partition coefficient (Wildman–Crippen LogP) is -19.5. The number of hydrogen-bond acceptors (Lipinski definition) is 42. The summed E-state index contributed by atoms with van der Waals surface area (Å²) in [6, 6.07) is 0. The summed E-state index contributed by atoms with van der Waals surface area (Å²) in [6.07, 6.45) is -70.6. The quantitative estimate of drug-likeness (QED) is 0.0538. The largest absolute Gasteiger partial charge is 0.394 e. The van der Waals surface area contributed by atoms with Gasteiger partial charge in [0.15, 0.2) is 50.3 Å². The van der Waals surface area contributed by atoms with Crippen molar-refractivity contribution in [3.63, 3.8) is 0 Å². The van der Waals surface area contributed by atoms with Crippen LogP contribution in [0.1, 0.15) is 0 Å². The Morgan fingerprint density at radius 1 is 0.167 bits per heavy atom. The van der Waals surface area contributed by atoms with Crippen molar-refractivity contribution in [3.05, 3.63) is 0 Å². The van der Waals surface area contributed by atoms with E-state index in [2.05, 4.69) is 0 Å². The molecule has 8 aliphatic heterocycles. The lowest BCUT2D eigenvalue weighted by molar-refractivity contribution is -0.387. The molecule has 8 saturated heterocycles. The first-order valence-corrected chi connectivity index (χ1v) is 28.2. The molecule has 28 N–H and O–H groups in total. The van der Waals surface area contributed by atoms with E-state index in [1.54, 1.807) is 0 Å². The lowest BCUT2D eigenvalue weighted by Gasteiger charge is -2.49. The summed E-state index contributed by atoms with van der Waals surface area (Å²) in [5.41, 5.74) is 0. The minimum absolute atomic E-state index is 0.784. The van der Waals surface area contributed by atoms with Crippen LogP contribution in [-0.2, 0) is 66.3 Å². The average Bonchev–Trinajstić information content (AvgIpc) is 1.08. The van der Waals surface area contributed by atoms with E-state index >= 15 is 0 Å². The molecule has 0 aromatic carbocycles. The fraction of sp³-hybridized carbons (Fsp3) is 1.00. The van der Waals surface area contributed by atoms with Gasteiger partial charge < -0.3 is 209 Å². The highest BCUT2D eigenvalue weighted by Crippen LogP contribution is 2.37. The van der Waals surface area contributed by atoms with Crippen molar-refractivity contribution in [2.24, 2.45) is 0 Å². The molecule has 40 atom stereocenters. The maximum Gasteiger partial charge on any atom is 0.187 e. The molecule has 528 valence electrons. The second kappa shape index (κ2) is 33.0. The van der Waals surface area contributed by atoms with Gasteiger partial charge in [0.2, 0.25) is 0 Å². The summed E-state index contributed by atoms with van der Waals surface area (Å²) in [7, 11) is 0. The standard InChI is InChI=1S/2C24H42O21/c2*25-1-5-9(29)10(30)15(35)22(40-5)44-19-7(3-27)42-24(17(37)12(19)32)45-20-8(4-28)41-23(16(36)13(20)33)43-18-6(2-26)39-21(38)14(34)11(18)31/h2*5-38H,1-4H2. The molecule has 0 aliphatic carbocycles. The van der Waals surface area contributed by atoms with E-state index < -0.39 is 299 Å². The summed E-state index contributed by atoms with van der Waals surface area (Å²) in [5.74, 6) is 0. The number of rotatable bonds is 20. The smallest absolute Gasteiger partial charge is 0.187 e. The Hall–Kier alpha value is -1.68. The SMILES string of the molecule is OCC1OC(OC2C(CO)OC(OC3C(CO)OC(OC4C(CO)OC(O)C(O)C4O)C(O)C3O)C(O)C2O)C(O)C(O)C1O.OCC1OC(OC2C(CO)OC(OC3C(CO)OC(OC4C(CO)OC(O)C(O)C4O)C(O)C3O)C(O)C2O)C(O)C(O)C1O. The third-order valence-electron chi connectivity index (χ3n) is 16.4. The van der Waals surface area contributed by atoms with Gasteiger partial charge in [-0.15, -0.1) is 0 Å².